The Labute approximate surface area is 151 Å². The van der Waals surface area contributed by atoms with Crippen LogP contribution in [-0.4, -0.2) is 21.9 Å². The van der Waals surface area contributed by atoms with Gasteiger partial charge in [-0.15, -0.1) is 0 Å². The molecule has 0 amide bonds. The van der Waals surface area contributed by atoms with E-state index in [2.05, 4.69) is 4.98 Å². The topological polar surface area (TPSA) is 122 Å². The summed E-state index contributed by atoms with van der Waals surface area (Å²) in [6, 6.07) is 10.5. The first-order valence-electron chi connectivity index (χ1n) is 7.77. The molecule has 0 saturated heterocycles. The molecule has 0 aliphatic rings. The van der Waals surface area contributed by atoms with Gasteiger partial charge >= 0.3 is 0 Å². The molecular weight excluding hydrogens is 354 g/mol. The highest BCUT2D eigenvalue weighted by Gasteiger charge is 2.17. The number of benzene rings is 2. The quantitative estimate of drug-likeness (QED) is 0.386. The Balaban J connectivity index is 1.89. The summed E-state index contributed by atoms with van der Waals surface area (Å²) in [6.45, 7) is 0. The zero-order chi connectivity index (χ0) is 19.1. The molecule has 0 aliphatic carbocycles. The SMILES string of the molecule is COc1cc([N+](=O)[O-])ccc1-c1cnc2oc3cc([N+](=O)[O-])ccc3c2c1. The molecule has 27 heavy (non-hydrogen) atoms. The maximum absolute atomic E-state index is 11.0. The van der Waals surface area contributed by atoms with Gasteiger partial charge < -0.3 is 9.15 Å². The Bertz CT molecular complexity index is 1230. The summed E-state index contributed by atoms with van der Waals surface area (Å²) >= 11 is 0. The number of pyridine rings is 1. The molecule has 4 aromatic rings. The second kappa shape index (κ2) is 6.06. The molecule has 2 heterocycles. The molecule has 2 aromatic carbocycles. The number of non-ortho nitro benzene ring substituents is 2. The molecule has 9 heteroatoms. The lowest BCUT2D eigenvalue weighted by molar-refractivity contribution is -0.385. The zero-order valence-corrected chi connectivity index (χ0v) is 13.9. The van der Waals surface area contributed by atoms with Crippen LogP contribution in [0.25, 0.3) is 33.2 Å². The van der Waals surface area contributed by atoms with E-state index in [1.54, 1.807) is 18.3 Å². The van der Waals surface area contributed by atoms with Gasteiger partial charge in [-0.2, -0.15) is 0 Å². The Morgan fingerprint density at radius 2 is 1.67 bits per heavy atom. The van der Waals surface area contributed by atoms with Crippen molar-refractivity contribution >= 4 is 33.4 Å². The van der Waals surface area contributed by atoms with E-state index < -0.39 is 9.85 Å². The lowest BCUT2D eigenvalue weighted by Crippen LogP contribution is -1.93. The van der Waals surface area contributed by atoms with Crippen LogP contribution in [0.3, 0.4) is 0 Å². The molecule has 0 atom stereocenters. The van der Waals surface area contributed by atoms with E-state index in [-0.39, 0.29) is 11.4 Å². The molecule has 9 nitrogen and oxygen atoms in total. The Morgan fingerprint density at radius 3 is 2.37 bits per heavy atom. The van der Waals surface area contributed by atoms with Crippen molar-refractivity contribution in [1.29, 1.82) is 0 Å². The molecule has 0 spiro atoms. The molecule has 0 radical (unpaired) electrons. The van der Waals surface area contributed by atoms with Gasteiger partial charge in [0.2, 0.25) is 5.71 Å². The number of methoxy groups -OCH3 is 1. The van der Waals surface area contributed by atoms with Crippen LogP contribution in [0.2, 0.25) is 0 Å². The Hall–Kier alpha value is -4.01. The molecule has 0 N–H and O–H groups in total. The molecule has 0 bridgehead atoms. The fraction of sp³-hybridized carbons (Fsp3) is 0.0556. The van der Waals surface area contributed by atoms with E-state index in [9.17, 15) is 20.2 Å². The van der Waals surface area contributed by atoms with Gasteiger partial charge in [-0.25, -0.2) is 4.98 Å². The van der Waals surface area contributed by atoms with Gasteiger partial charge in [0.25, 0.3) is 11.4 Å². The summed E-state index contributed by atoms with van der Waals surface area (Å²) in [4.78, 5) is 25.2. The van der Waals surface area contributed by atoms with Crippen LogP contribution in [0.1, 0.15) is 0 Å². The predicted molar refractivity (Wildman–Crippen MR) is 96.8 cm³/mol. The summed E-state index contributed by atoms with van der Waals surface area (Å²) in [5, 5.41) is 23.3. The number of nitro groups is 2. The van der Waals surface area contributed by atoms with Crippen molar-refractivity contribution in [3.8, 4) is 16.9 Å². The first-order valence-corrected chi connectivity index (χ1v) is 7.77. The number of furan rings is 1. The Kier molecular flexibility index (Phi) is 3.69. The minimum absolute atomic E-state index is 0.0705. The number of fused-ring (bicyclic) bond motifs is 3. The molecule has 0 unspecified atom stereocenters. The first kappa shape index (κ1) is 16.5. The summed E-state index contributed by atoms with van der Waals surface area (Å²) in [6.07, 6.45) is 1.56. The minimum atomic E-state index is -0.496. The molecule has 4 rings (SSSR count). The maximum Gasteiger partial charge on any atom is 0.273 e. The second-order valence-corrected chi connectivity index (χ2v) is 5.76. The summed E-state index contributed by atoms with van der Waals surface area (Å²) < 4.78 is 10.9. The number of hydrogen-bond donors (Lipinski definition) is 0. The van der Waals surface area contributed by atoms with E-state index in [4.69, 9.17) is 9.15 Å². The van der Waals surface area contributed by atoms with Gasteiger partial charge in [0.05, 0.1) is 29.1 Å². The first-order chi connectivity index (χ1) is 13.0. The second-order valence-electron chi connectivity index (χ2n) is 5.76. The van der Waals surface area contributed by atoms with Crippen LogP contribution in [0, 0.1) is 20.2 Å². The zero-order valence-electron chi connectivity index (χ0n) is 13.9. The fourth-order valence-electron chi connectivity index (χ4n) is 2.94. The smallest absolute Gasteiger partial charge is 0.273 e. The molecule has 0 aliphatic heterocycles. The number of nitrogens with zero attached hydrogens (tertiary/aromatic N) is 3. The maximum atomic E-state index is 11.0. The van der Waals surface area contributed by atoms with Crippen LogP contribution in [0.4, 0.5) is 11.4 Å². The van der Waals surface area contributed by atoms with Gasteiger partial charge in [-0.3, -0.25) is 20.2 Å². The average Bonchev–Trinajstić information content (AvgIpc) is 3.04. The van der Waals surface area contributed by atoms with Crippen molar-refractivity contribution in [2.75, 3.05) is 7.11 Å². The predicted octanol–water partition coefficient (Wildman–Crippen LogP) is 4.47. The molecule has 2 aromatic heterocycles. The van der Waals surface area contributed by atoms with E-state index in [0.29, 0.717) is 38.9 Å². The highest BCUT2D eigenvalue weighted by molar-refractivity contribution is 6.05. The third kappa shape index (κ3) is 2.71. The van der Waals surface area contributed by atoms with E-state index in [0.717, 1.165) is 0 Å². The van der Waals surface area contributed by atoms with Crippen LogP contribution in [0.5, 0.6) is 5.75 Å². The van der Waals surface area contributed by atoms with E-state index >= 15 is 0 Å². The van der Waals surface area contributed by atoms with Gasteiger partial charge in [-0.05, 0) is 18.2 Å². The van der Waals surface area contributed by atoms with Gasteiger partial charge in [0.1, 0.15) is 11.3 Å². The lowest BCUT2D eigenvalue weighted by Gasteiger charge is -2.08. The number of nitro benzene ring substituents is 2. The number of ether oxygens (including phenoxy) is 1. The number of rotatable bonds is 4. The summed E-state index contributed by atoms with van der Waals surface area (Å²) in [5.41, 5.74) is 1.86. The van der Waals surface area contributed by atoms with Crippen molar-refractivity contribution in [1.82, 2.24) is 4.98 Å². The van der Waals surface area contributed by atoms with E-state index in [1.165, 1.54) is 31.4 Å². The largest absolute Gasteiger partial charge is 0.496 e. The number of aromatic nitrogens is 1. The third-order valence-electron chi connectivity index (χ3n) is 4.23. The van der Waals surface area contributed by atoms with Gasteiger partial charge in [-0.1, -0.05) is 0 Å². The monoisotopic (exact) mass is 365 g/mol. The van der Waals surface area contributed by atoms with Crippen LogP contribution < -0.4 is 4.74 Å². The van der Waals surface area contributed by atoms with Crippen molar-refractivity contribution in [3.63, 3.8) is 0 Å². The number of hydrogen-bond acceptors (Lipinski definition) is 7. The van der Waals surface area contributed by atoms with Crippen LogP contribution >= 0.6 is 0 Å². The summed E-state index contributed by atoms with van der Waals surface area (Å²) in [7, 11) is 1.43. The normalized spacial score (nSPS) is 11.0. The molecule has 0 fully saturated rings. The Morgan fingerprint density at radius 1 is 0.963 bits per heavy atom. The van der Waals surface area contributed by atoms with Crippen molar-refractivity contribution < 1.29 is 19.0 Å². The third-order valence-corrected chi connectivity index (χ3v) is 4.23. The average molecular weight is 365 g/mol. The van der Waals surface area contributed by atoms with Crippen molar-refractivity contribution in [2.24, 2.45) is 0 Å². The van der Waals surface area contributed by atoms with Crippen molar-refractivity contribution in [2.45, 2.75) is 0 Å². The van der Waals surface area contributed by atoms with Crippen LogP contribution in [-0.2, 0) is 0 Å². The highest BCUT2D eigenvalue weighted by atomic mass is 16.6. The minimum Gasteiger partial charge on any atom is -0.496 e. The molecule has 0 saturated carbocycles. The summed E-state index contributed by atoms with van der Waals surface area (Å²) in [5.74, 6) is 0.341. The van der Waals surface area contributed by atoms with E-state index in [1.807, 2.05) is 6.07 Å². The van der Waals surface area contributed by atoms with Gasteiger partial charge in [0.15, 0.2) is 0 Å². The standard InChI is InChI=1S/C18H11N3O6/c1-26-16-7-11(20(22)23)2-4-13(16)10-6-15-14-5-3-12(21(24)25)8-17(14)27-18(15)19-9-10/h2-9H,1H3. The van der Waals surface area contributed by atoms with Crippen molar-refractivity contribution in [3.05, 3.63) is 68.9 Å². The van der Waals surface area contributed by atoms with Gasteiger partial charge in [0, 0.05) is 40.2 Å². The highest BCUT2D eigenvalue weighted by Crippen LogP contribution is 2.36. The molecule has 134 valence electrons. The fourth-order valence-corrected chi connectivity index (χ4v) is 2.94. The van der Waals surface area contributed by atoms with Crippen LogP contribution in [0.15, 0.2) is 53.1 Å². The molecular formula is C18H11N3O6. The lowest BCUT2D eigenvalue weighted by atomic mass is 10.0.